The third-order valence-corrected chi connectivity index (χ3v) is 12.8. The van der Waals surface area contributed by atoms with Gasteiger partial charge in [-0.3, -0.25) is 14.1 Å². The van der Waals surface area contributed by atoms with Gasteiger partial charge in [0.1, 0.15) is 13.2 Å². The van der Waals surface area contributed by atoms with E-state index in [0.29, 0.717) is 29.1 Å². The normalized spacial score (nSPS) is 36.8. The third-order valence-electron chi connectivity index (χ3n) is 11.8. The number of hydrogen-bond acceptors (Lipinski definition) is 6. The molecule has 0 saturated heterocycles. The molecular weight excluding hydrogens is 561 g/mol. The average Bonchev–Trinajstić information content (AvgIpc) is 3.26. The van der Waals surface area contributed by atoms with Gasteiger partial charge in [0.05, 0.1) is 6.42 Å². The molecule has 0 aromatic carbocycles. The Kier molecular flexibility index (Phi) is 9.79. The summed E-state index contributed by atoms with van der Waals surface area (Å²) in [6.07, 6.45) is 10.3. The Morgan fingerprint density at radius 3 is 2.32 bits per heavy atom. The van der Waals surface area contributed by atoms with Crippen LogP contribution in [0.5, 0.6) is 0 Å². The second kappa shape index (κ2) is 12.3. The molecule has 4 aliphatic carbocycles. The van der Waals surface area contributed by atoms with E-state index >= 15 is 0 Å². The predicted octanol–water partition coefficient (Wildman–Crippen LogP) is 6.75. The average molecular weight is 609 g/mol. The lowest BCUT2D eigenvalue weighted by atomic mass is 9.44. The summed E-state index contributed by atoms with van der Waals surface area (Å²) >= 11 is 0. The monoisotopic (exact) mass is 608 g/mol. The predicted molar refractivity (Wildman–Crippen MR) is 146 cm³/mol. The van der Waals surface area contributed by atoms with Gasteiger partial charge in [-0.2, -0.15) is 17.2 Å². The molecule has 236 valence electrons. The van der Waals surface area contributed by atoms with E-state index in [-0.39, 0.29) is 13.0 Å². The highest BCUT2D eigenvalue weighted by atomic mass is 32.2. The van der Waals surface area contributed by atoms with Gasteiger partial charge in [0.25, 0.3) is 0 Å². The molecular formula is C30H47F3O7S. The lowest BCUT2D eigenvalue weighted by Gasteiger charge is -2.61. The van der Waals surface area contributed by atoms with Gasteiger partial charge in [0.15, 0.2) is 0 Å². The van der Waals surface area contributed by atoms with Crippen molar-refractivity contribution in [1.82, 2.24) is 0 Å². The third kappa shape index (κ3) is 6.46. The number of halogens is 3. The summed E-state index contributed by atoms with van der Waals surface area (Å²) in [7, 11) is -5.99. The molecule has 0 radical (unpaired) electrons. The van der Waals surface area contributed by atoms with E-state index in [0.717, 1.165) is 23.7 Å². The molecule has 4 saturated carbocycles. The Hall–Kier alpha value is -1.36. The van der Waals surface area contributed by atoms with Gasteiger partial charge in [0.2, 0.25) is 6.17 Å². The Bertz CT molecular complexity index is 1070. The Labute approximate surface area is 242 Å². The van der Waals surface area contributed by atoms with Crippen molar-refractivity contribution in [3.8, 4) is 0 Å². The van der Waals surface area contributed by atoms with Crippen LogP contribution in [0.4, 0.5) is 13.2 Å². The highest BCUT2D eigenvalue weighted by Crippen LogP contribution is 2.68. The number of esters is 2. The molecule has 0 aromatic heterocycles. The summed E-state index contributed by atoms with van der Waals surface area (Å²) in [6, 6.07) is 0. The molecule has 1 unspecified atom stereocenters. The molecule has 0 spiro atoms. The molecule has 0 amide bonds. The molecule has 4 aliphatic rings. The zero-order valence-electron chi connectivity index (χ0n) is 24.6. The molecule has 1 N–H and O–H groups in total. The van der Waals surface area contributed by atoms with Crippen LogP contribution in [0, 0.1) is 46.3 Å². The molecule has 0 aliphatic heterocycles. The summed E-state index contributed by atoms with van der Waals surface area (Å²) < 4.78 is 78.7. The Balaban J connectivity index is 1.20. The van der Waals surface area contributed by atoms with Crippen LogP contribution in [0.2, 0.25) is 0 Å². The lowest BCUT2D eigenvalue weighted by Crippen LogP contribution is -2.53. The van der Waals surface area contributed by atoms with Crippen molar-refractivity contribution in [1.29, 1.82) is 0 Å². The highest BCUT2D eigenvalue weighted by molar-refractivity contribution is 7.86. The van der Waals surface area contributed by atoms with Gasteiger partial charge in [-0.1, -0.05) is 33.6 Å². The fourth-order valence-corrected chi connectivity index (χ4v) is 10.0. The van der Waals surface area contributed by atoms with E-state index in [1.165, 1.54) is 64.2 Å². The highest BCUT2D eigenvalue weighted by Gasteiger charge is 2.60. The number of carbonyl (C=O) groups is 2. The largest absolute Gasteiger partial charge is 0.465 e. The topological polar surface area (TPSA) is 107 Å². The number of rotatable bonds is 11. The summed E-state index contributed by atoms with van der Waals surface area (Å²) in [6.45, 7) is 5.40. The van der Waals surface area contributed by atoms with Gasteiger partial charge in [-0.25, -0.2) is 4.39 Å². The van der Waals surface area contributed by atoms with E-state index in [1.807, 2.05) is 0 Å². The van der Waals surface area contributed by atoms with E-state index in [1.54, 1.807) is 0 Å². The first-order valence-corrected chi connectivity index (χ1v) is 16.9. The minimum atomic E-state index is -5.99. The second-order valence-corrected chi connectivity index (χ2v) is 15.3. The first-order chi connectivity index (χ1) is 19.1. The van der Waals surface area contributed by atoms with Gasteiger partial charge in [0, 0.05) is 6.42 Å². The van der Waals surface area contributed by atoms with Crippen LogP contribution < -0.4 is 0 Å². The van der Waals surface area contributed by atoms with Crippen LogP contribution in [-0.2, 0) is 29.2 Å². The Morgan fingerprint density at radius 1 is 0.927 bits per heavy atom. The molecule has 4 rings (SSSR count). The molecule has 41 heavy (non-hydrogen) atoms. The second-order valence-electron chi connectivity index (χ2n) is 13.8. The van der Waals surface area contributed by atoms with Crippen LogP contribution in [-0.4, -0.2) is 49.5 Å². The molecule has 9 atom stereocenters. The molecule has 0 bridgehead atoms. The number of ether oxygens (including phenoxy) is 2. The maximum absolute atomic E-state index is 13.4. The van der Waals surface area contributed by atoms with Crippen molar-refractivity contribution in [3.05, 3.63) is 0 Å². The Morgan fingerprint density at radius 2 is 1.61 bits per heavy atom. The van der Waals surface area contributed by atoms with Gasteiger partial charge in [-0.15, -0.1) is 0 Å². The SMILES string of the molecule is C[C@H](CCC(=O)OCCC(=O)OCC(F)C(F)(F)S(=O)(=O)O)[C@H]1CC[C@H]2[C@@H]3CC[C@@H]4CCCC[C@]4(C)[C@H]3CC[C@]12C. The summed E-state index contributed by atoms with van der Waals surface area (Å²) in [5, 5.41) is -5.10. The number of carbonyl (C=O) groups excluding carboxylic acids is 2. The van der Waals surface area contributed by atoms with Crippen molar-refractivity contribution < 1.29 is 45.2 Å². The quantitative estimate of drug-likeness (QED) is 0.204. The van der Waals surface area contributed by atoms with Gasteiger partial charge in [-0.05, 0) is 104 Å². The minimum absolute atomic E-state index is 0.201. The fourth-order valence-electron chi connectivity index (χ4n) is 9.63. The van der Waals surface area contributed by atoms with Crippen LogP contribution in [0.15, 0.2) is 0 Å². The smallest absolute Gasteiger partial charge is 0.403 e. The number of fused-ring (bicyclic) bond motifs is 5. The summed E-state index contributed by atoms with van der Waals surface area (Å²) in [4.78, 5) is 24.0. The fraction of sp³-hybridized carbons (Fsp3) is 0.933. The first-order valence-electron chi connectivity index (χ1n) is 15.4. The van der Waals surface area contributed by atoms with Crippen LogP contribution >= 0.6 is 0 Å². The first kappa shape index (κ1) is 32.6. The van der Waals surface area contributed by atoms with E-state index in [4.69, 9.17) is 9.29 Å². The van der Waals surface area contributed by atoms with E-state index in [9.17, 15) is 31.2 Å². The molecule has 0 aromatic rings. The maximum Gasteiger partial charge on any atom is 0.403 e. The summed E-state index contributed by atoms with van der Waals surface area (Å²) in [5.74, 6) is 2.64. The summed E-state index contributed by atoms with van der Waals surface area (Å²) in [5.41, 5.74) is 0.813. The van der Waals surface area contributed by atoms with Crippen molar-refractivity contribution in [2.24, 2.45) is 46.3 Å². The van der Waals surface area contributed by atoms with Crippen molar-refractivity contribution >= 4 is 22.1 Å². The lowest BCUT2D eigenvalue weighted by molar-refractivity contribution is -0.152. The van der Waals surface area contributed by atoms with Gasteiger partial charge < -0.3 is 9.47 Å². The molecule has 7 nitrogen and oxygen atoms in total. The van der Waals surface area contributed by atoms with Crippen LogP contribution in [0.1, 0.15) is 104 Å². The van der Waals surface area contributed by atoms with Crippen molar-refractivity contribution in [2.45, 2.75) is 116 Å². The molecule has 11 heteroatoms. The number of hydrogen-bond donors (Lipinski definition) is 1. The van der Waals surface area contributed by atoms with Crippen molar-refractivity contribution in [3.63, 3.8) is 0 Å². The van der Waals surface area contributed by atoms with Crippen LogP contribution in [0.3, 0.4) is 0 Å². The maximum atomic E-state index is 13.4. The zero-order valence-corrected chi connectivity index (χ0v) is 25.4. The van der Waals surface area contributed by atoms with E-state index in [2.05, 4.69) is 25.5 Å². The van der Waals surface area contributed by atoms with E-state index < -0.39 is 46.5 Å². The van der Waals surface area contributed by atoms with Crippen molar-refractivity contribution in [2.75, 3.05) is 13.2 Å². The zero-order chi connectivity index (χ0) is 30.2. The van der Waals surface area contributed by atoms with Crippen LogP contribution in [0.25, 0.3) is 0 Å². The standard InChI is InChI=1S/C30H47F3O7S/c1-19(7-12-26(34)39-17-14-27(35)40-18-25(31)30(32,33)41(36,37)38)22-10-11-23-21-9-8-20-6-4-5-15-28(20,2)24(21)13-16-29(22,23)3/h19-25H,4-18H2,1-3H3,(H,36,37,38)/t19-,20+,21+,22-,23+,24+,25?,28+,29-/m1/s1. The molecule has 0 heterocycles. The minimum Gasteiger partial charge on any atom is -0.465 e. The van der Waals surface area contributed by atoms with Gasteiger partial charge >= 0.3 is 27.3 Å². The number of alkyl halides is 3. The molecule has 4 fully saturated rings.